The number of anilines is 1. The van der Waals surface area contributed by atoms with Crippen LogP contribution >= 0.6 is 15.9 Å². The number of pyridine rings is 1. The number of rotatable bonds is 6. The molecule has 28 heavy (non-hydrogen) atoms. The standard InChI is InChI=1S/C20H20BrN3O4/c1-4-27-20(26)19-14-9-18(28-12(2)25)15(21)10-16(14)24(3)17(19)11-23-13-5-7-22-8-6-13/h5-10H,4,11H2,1-3H3,(H,22,23)/p+1. The van der Waals surface area contributed by atoms with Crippen LogP contribution in [0.15, 0.2) is 41.1 Å². The van der Waals surface area contributed by atoms with Crippen molar-refractivity contribution in [3.05, 3.63) is 52.4 Å². The average molecular weight is 447 g/mol. The molecule has 3 aromatic rings. The molecule has 2 aromatic heterocycles. The monoisotopic (exact) mass is 446 g/mol. The van der Waals surface area contributed by atoms with Gasteiger partial charge >= 0.3 is 11.9 Å². The first-order valence-corrected chi connectivity index (χ1v) is 9.58. The molecule has 2 heterocycles. The van der Waals surface area contributed by atoms with Crippen LogP contribution in [-0.4, -0.2) is 23.1 Å². The summed E-state index contributed by atoms with van der Waals surface area (Å²) >= 11 is 3.43. The van der Waals surface area contributed by atoms with E-state index in [1.54, 1.807) is 13.0 Å². The van der Waals surface area contributed by atoms with E-state index in [0.717, 1.165) is 16.9 Å². The van der Waals surface area contributed by atoms with Crippen LogP contribution in [0.5, 0.6) is 5.75 Å². The molecule has 0 unspecified atom stereocenters. The van der Waals surface area contributed by atoms with E-state index in [1.807, 2.05) is 42.2 Å². The maximum absolute atomic E-state index is 12.7. The predicted molar refractivity (Wildman–Crippen MR) is 108 cm³/mol. The van der Waals surface area contributed by atoms with E-state index < -0.39 is 11.9 Å². The predicted octanol–water partition coefficient (Wildman–Crippen LogP) is 3.47. The Balaban J connectivity index is 2.12. The third kappa shape index (κ3) is 4.01. The van der Waals surface area contributed by atoms with E-state index in [0.29, 0.717) is 27.7 Å². The van der Waals surface area contributed by atoms with Crippen LogP contribution in [0.25, 0.3) is 10.9 Å². The molecule has 3 rings (SSSR count). The molecule has 0 saturated carbocycles. The summed E-state index contributed by atoms with van der Waals surface area (Å²) in [5.41, 5.74) is 2.97. The molecule has 0 aliphatic rings. The number of benzene rings is 1. The summed E-state index contributed by atoms with van der Waals surface area (Å²) in [6.07, 6.45) is 3.64. The Labute approximate surface area is 170 Å². The second-order valence-corrected chi connectivity index (χ2v) is 6.99. The smallest absolute Gasteiger partial charge is 0.340 e. The topological polar surface area (TPSA) is 83.7 Å². The number of nitrogens with zero attached hydrogens (tertiary/aromatic N) is 1. The summed E-state index contributed by atoms with van der Waals surface area (Å²) in [6, 6.07) is 7.33. The number of hydrogen-bond donors (Lipinski definition) is 1. The largest absolute Gasteiger partial charge is 0.462 e. The van der Waals surface area contributed by atoms with E-state index in [4.69, 9.17) is 9.47 Å². The lowest BCUT2D eigenvalue weighted by atomic mass is 10.1. The van der Waals surface area contributed by atoms with Crippen LogP contribution in [0.4, 0.5) is 5.69 Å². The van der Waals surface area contributed by atoms with Crippen molar-refractivity contribution >= 4 is 44.5 Å². The van der Waals surface area contributed by atoms with Crippen molar-refractivity contribution in [3.8, 4) is 5.75 Å². The third-order valence-corrected chi connectivity index (χ3v) is 4.91. The average Bonchev–Trinajstić information content (AvgIpc) is 2.92. The van der Waals surface area contributed by atoms with Gasteiger partial charge in [-0.2, -0.15) is 0 Å². The summed E-state index contributed by atoms with van der Waals surface area (Å²) in [6.45, 7) is 3.79. The summed E-state index contributed by atoms with van der Waals surface area (Å²) < 4.78 is 13.1. The number of esters is 2. The van der Waals surface area contributed by atoms with E-state index in [1.165, 1.54) is 6.92 Å². The number of ether oxygens (including phenoxy) is 2. The number of halogens is 1. The molecule has 0 fully saturated rings. The highest BCUT2D eigenvalue weighted by molar-refractivity contribution is 9.10. The highest BCUT2D eigenvalue weighted by Crippen LogP contribution is 2.35. The Hall–Kier alpha value is -2.87. The van der Waals surface area contributed by atoms with Crippen LogP contribution in [0, 0.1) is 0 Å². The molecule has 7 nitrogen and oxygen atoms in total. The second kappa shape index (κ2) is 8.43. The molecule has 146 valence electrons. The number of H-pyrrole nitrogens is 1. The van der Waals surface area contributed by atoms with Gasteiger partial charge in [-0.25, -0.2) is 9.78 Å². The first-order chi connectivity index (χ1) is 13.4. The van der Waals surface area contributed by atoms with Gasteiger partial charge in [0, 0.05) is 37.2 Å². The molecule has 0 radical (unpaired) electrons. The van der Waals surface area contributed by atoms with Crippen LogP contribution in [0.3, 0.4) is 0 Å². The molecule has 0 atom stereocenters. The molecule has 0 aliphatic heterocycles. The highest BCUT2D eigenvalue weighted by atomic mass is 79.9. The van der Waals surface area contributed by atoms with Gasteiger partial charge in [0.15, 0.2) is 12.4 Å². The van der Waals surface area contributed by atoms with Gasteiger partial charge in [-0.05, 0) is 35.0 Å². The minimum atomic E-state index is -0.434. The molecule has 0 amide bonds. The first kappa shape index (κ1) is 19.9. The molecule has 0 bridgehead atoms. The number of fused-ring (bicyclic) bond motifs is 1. The van der Waals surface area contributed by atoms with Gasteiger partial charge in [0.05, 0.1) is 34.4 Å². The van der Waals surface area contributed by atoms with Gasteiger partial charge in [0.1, 0.15) is 5.75 Å². The maximum atomic E-state index is 12.7. The molecular formula is C20H21BrN3O4+. The number of aryl methyl sites for hydroxylation is 1. The molecule has 0 spiro atoms. The first-order valence-electron chi connectivity index (χ1n) is 8.78. The SMILES string of the molecule is CCOC(=O)c1c(CNc2cc[nH+]cc2)n(C)c2cc(Br)c(OC(C)=O)cc12. The second-order valence-electron chi connectivity index (χ2n) is 6.14. The van der Waals surface area contributed by atoms with Gasteiger partial charge in [0.2, 0.25) is 0 Å². The van der Waals surface area contributed by atoms with E-state index >= 15 is 0 Å². The van der Waals surface area contributed by atoms with Crippen molar-refractivity contribution in [2.24, 2.45) is 7.05 Å². The molecule has 0 saturated heterocycles. The fourth-order valence-electron chi connectivity index (χ4n) is 3.05. The Bertz CT molecular complexity index is 1030. The molecular weight excluding hydrogens is 426 g/mol. The van der Waals surface area contributed by atoms with E-state index in [2.05, 4.69) is 26.2 Å². The summed E-state index contributed by atoms with van der Waals surface area (Å²) in [4.78, 5) is 27.1. The number of aromatic nitrogens is 2. The number of aromatic amines is 1. The zero-order valence-electron chi connectivity index (χ0n) is 15.8. The molecule has 8 heteroatoms. The number of carbonyl (C=O) groups excluding carboxylic acids is 2. The molecule has 2 N–H and O–H groups in total. The van der Waals surface area contributed by atoms with Crippen LogP contribution in [-0.2, 0) is 23.1 Å². The van der Waals surface area contributed by atoms with Gasteiger partial charge in [-0.1, -0.05) is 0 Å². The van der Waals surface area contributed by atoms with Crippen molar-refractivity contribution in [1.29, 1.82) is 0 Å². The Morgan fingerprint density at radius 1 is 1.25 bits per heavy atom. The van der Waals surface area contributed by atoms with Crippen molar-refractivity contribution in [1.82, 2.24) is 4.57 Å². The number of carbonyl (C=O) groups is 2. The summed E-state index contributed by atoms with van der Waals surface area (Å²) in [5.74, 6) is -0.493. The minimum absolute atomic E-state index is 0.268. The Kier molecular flexibility index (Phi) is 5.99. The van der Waals surface area contributed by atoms with Gasteiger partial charge in [-0.3, -0.25) is 4.79 Å². The fourth-order valence-corrected chi connectivity index (χ4v) is 3.46. The molecule has 0 aliphatic carbocycles. The fraction of sp³-hybridized carbons (Fsp3) is 0.250. The normalized spacial score (nSPS) is 10.7. The van der Waals surface area contributed by atoms with Gasteiger partial charge in [0.25, 0.3) is 0 Å². The van der Waals surface area contributed by atoms with Crippen LogP contribution in [0.2, 0.25) is 0 Å². The zero-order chi connectivity index (χ0) is 20.3. The zero-order valence-corrected chi connectivity index (χ0v) is 17.4. The minimum Gasteiger partial charge on any atom is -0.462 e. The van der Waals surface area contributed by atoms with Crippen molar-refractivity contribution in [2.75, 3.05) is 11.9 Å². The van der Waals surface area contributed by atoms with Gasteiger partial charge < -0.3 is 19.4 Å². The van der Waals surface area contributed by atoms with Crippen molar-refractivity contribution in [3.63, 3.8) is 0 Å². The summed E-state index contributed by atoms with van der Waals surface area (Å²) in [7, 11) is 1.89. The third-order valence-electron chi connectivity index (χ3n) is 4.29. The lowest BCUT2D eigenvalue weighted by Crippen LogP contribution is -2.12. The maximum Gasteiger partial charge on any atom is 0.340 e. The van der Waals surface area contributed by atoms with E-state index in [-0.39, 0.29) is 6.61 Å². The number of hydrogen-bond acceptors (Lipinski definition) is 5. The Morgan fingerprint density at radius 3 is 2.61 bits per heavy atom. The lowest BCUT2D eigenvalue weighted by molar-refractivity contribution is -0.377. The van der Waals surface area contributed by atoms with Gasteiger partial charge in [-0.15, -0.1) is 0 Å². The molecule has 1 aromatic carbocycles. The van der Waals surface area contributed by atoms with Crippen molar-refractivity contribution < 1.29 is 24.0 Å². The van der Waals surface area contributed by atoms with Crippen molar-refractivity contribution in [2.45, 2.75) is 20.4 Å². The summed E-state index contributed by atoms with van der Waals surface area (Å²) in [5, 5.41) is 3.98. The number of nitrogens with one attached hydrogen (secondary N) is 2. The Morgan fingerprint density at radius 2 is 1.96 bits per heavy atom. The highest BCUT2D eigenvalue weighted by Gasteiger charge is 2.24. The lowest BCUT2D eigenvalue weighted by Gasteiger charge is -2.09. The van der Waals surface area contributed by atoms with Crippen LogP contribution in [0.1, 0.15) is 29.9 Å². The van der Waals surface area contributed by atoms with Crippen LogP contribution < -0.4 is 15.0 Å². The quantitative estimate of drug-likeness (QED) is 0.462. The van der Waals surface area contributed by atoms with E-state index in [9.17, 15) is 9.59 Å².